The van der Waals surface area contributed by atoms with Crippen LogP contribution in [0.3, 0.4) is 0 Å². The van der Waals surface area contributed by atoms with E-state index in [0.29, 0.717) is 11.8 Å². The molecule has 0 saturated carbocycles. The number of amidine groups is 1. The summed E-state index contributed by atoms with van der Waals surface area (Å²) in [5, 5.41) is 6.62. The van der Waals surface area contributed by atoms with Gasteiger partial charge in [-0.05, 0) is 11.5 Å². The van der Waals surface area contributed by atoms with Gasteiger partial charge in [-0.2, -0.15) is 0 Å². The van der Waals surface area contributed by atoms with Gasteiger partial charge >= 0.3 is 0 Å². The van der Waals surface area contributed by atoms with Crippen molar-refractivity contribution >= 4 is 5.84 Å². The van der Waals surface area contributed by atoms with Crippen LogP contribution < -0.4 is 16.4 Å². The molecule has 0 aromatic heterocycles. The SMILES string of the molecule is CC(C)C1=CNC2=C(C1)NCCN=C2N. The highest BCUT2D eigenvalue weighted by Crippen LogP contribution is 2.23. The minimum absolute atomic E-state index is 0.565. The molecular weight excluding hydrogens is 188 g/mol. The molecule has 4 heteroatoms. The molecule has 4 N–H and O–H groups in total. The smallest absolute Gasteiger partial charge is 0.144 e. The van der Waals surface area contributed by atoms with Gasteiger partial charge in [0.25, 0.3) is 0 Å². The third-order valence-corrected chi connectivity index (χ3v) is 2.81. The van der Waals surface area contributed by atoms with Gasteiger partial charge in [-0.15, -0.1) is 0 Å². The van der Waals surface area contributed by atoms with Crippen molar-refractivity contribution in [1.29, 1.82) is 0 Å². The molecular formula is C11H18N4. The van der Waals surface area contributed by atoms with Crippen molar-refractivity contribution < 1.29 is 0 Å². The molecule has 0 aromatic rings. The van der Waals surface area contributed by atoms with Gasteiger partial charge in [0.2, 0.25) is 0 Å². The predicted molar refractivity (Wildman–Crippen MR) is 62.2 cm³/mol. The molecule has 0 unspecified atom stereocenters. The van der Waals surface area contributed by atoms with Crippen molar-refractivity contribution in [2.75, 3.05) is 13.1 Å². The number of nitrogens with one attached hydrogen (secondary N) is 2. The monoisotopic (exact) mass is 206 g/mol. The number of hydrogen-bond acceptors (Lipinski definition) is 4. The Morgan fingerprint density at radius 2 is 2.27 bits per heavy atom. The largest absolute Gasteiger partial charge is 0.384 e. The molecule has 0 spiro atoms. The second kappa shape index (κ2) is 3.96. The van der Waals surface area contributed by atoms with Crippen LogP contribution in [0.15, 0.2) is 28.2 Å². The molecule has 0 saturated heterocycles. The zero-order valence-electron chi connectivity index (χ0n) is 9.30. The quantitative estimate of drug-likeness (QED) is 0.591. The first kappa shape index (κ1) is 10.1. The number of dihydropyridines is 1. The van der Waals surface area contributed by atoms with E-state index < -0.39 is 0 Å². The average Bonchev–Trinajstić information content (AvgIpc) is 2.40. The Kier molecular flexibility index (Phi) is 2.66. The van der Waals surface area contributed by atoms with Crippen LogP contribution in [0.25, 0.3) is 0 Å². The molecule has 2 aliphatic rings. The number of allylic oxidation sites excluding steroid dienone is 1. The Balaban J connectivity index is 2.21. The number of nitrogens with two attached hydrogens (primary N) is 1. The van der Waals surface area contributed by atoms with Crippen LogP contribution in [0.5, 0.6) is 0 Å². The molecule has 0 aliphatic carbocycles. The Morgan fingerprint density at radius 1 is 1.47 bits per heavy atom. The molecule has 2 rings (SSSR count). The maximum atomic E-state index is 5.87. The van der Waals surface area contributed by atoms with Crippen LogP contribution in [0.1, 0.15) is 20.3 Å². The van der Waals surface area contributed by atoms with Gasteiger partial charge in [0.05, 0.1) is 12.2 Å². The van der Waals surface area contributed by atoms with E-state index in [1.807, 2.05) is 0 Å². The number of aliphatic imine (C=N–C) groups is 1. The number of rotatable bonds is 1. The van der Waals surface area contributed by atoms with Crippen molar-refractivity contribution in [2.45, 2.75) is 20.3 Å². The van der Waals surface area contributed by atoms with Crippen LogP contribution in [0.2, 0.25) is 0 Å². The lowest BCUT2D eigenvalue weighted by Gasteiger charge is -2.23. The lowest BCUT2D eigenvalue weighted by atomic mass is 9.96. The summed E-state index contributed by atoms with van der Waals surface area (Å²) in [5.74, 6) is 1.18. The van der Waals surface area contributed by atoms with Gasteiger partial charge in [-0.1, -0.05) is 13.8 Å². The topological polar surface area (TPSA) is 62.4 Å². The molecule has 2 aliphatic heterocycles. The molecule has 82 valence electrons. The fourth-order valence-corrected chi connectivity index (χ4v) is 1.81. The van der Waals surface area contributed by atoms with Crippen LogP contribution >= 0.6 is 0 Å². The van der Waals surface area contributed by atoms with Gasteiger partial charge in [0, 0.05) is 24.9 Å². The van der Waals surface area contributed by atoms with Crippen molar-refractivity contribution in [3.05, 3.63) is 23.2 Å². The first-order valence-electron chi connectivity index (χ1n) is 5.41. The maximum absolute atomic E-state index is 5.87. The lowest BCUT2D eigenvalue weighted by Crippen LogP contribution is -2.31. The zero-order valence-corrected chi connectivity index (χ0v) is 9.30. The van der Waals surface area contributed by atoms with E-state index in [4.69, 9.17) is 5.73 Å². The predicted octanol–water partition coefficient (Wildman–Crippen LogP) is 0.692. The van der Waals surface area contributed by atoms with Gasteiger partial charge < -0.3 is 16.4 Å². The minimum atomic E-state index is 0.565. The Bertz CT molecular complexity index is 350. The normalized spacial score (nSPS) is 21.0. The van der Waals surface area contributed by atoms with Gasteiger partial charge in [0.15, 0.2) is 0 Å². The summed E-state index contributed by atoms with van der Waals surface area (Å²) in [6.45, 7) is 6.02. The number of nitrogens with zero attached hydrogens (tertiary/aromatic N) is 1. The summed E-state index contributed by atoms with van der Waals surface area (Å²) in [6.07, 6.45) is 3.01. The van der Waals surface area contributed by atoms with Crippen molar-refractivity contribution in [1.82, 2.24) is 10.6 Å². The maximum Gasteiger partial charge on any atom is 0.144 e. The molecule has 0 radical (unpaired) electrons. The standard InChI is InChI=1S/C11H18N4/c1-7(2)8-5-9-10(15-6-8)11(12)14-4-3-13-9/h6-7,13,15H,3-5H2,1-2H3,(H2,12,14). The summed E-state index contributed by atoms with van der Waals surface area (Å²) >= 11 is 0. The highest BCUT2D eigenvalue weighted by molar-refractivity contribution is 5.97. The van der Waals surface area contributed by atoms with Crippen LogP contribution in [-0.4, -0.2) is 18.9 Å². The number of hydrogen-bond donors (Lipinski definition) is 3. The van der Waals surface area contributed by atoms with E-state index in [1.54, 1.807) is 0 Å². The lowest BCUT2D eigenvalue weighted by molar-refractivity contribution is 0.677. The van der Waals surface area contributed by atoms with Gasteiger partial charge in [0.1, 0.15) is 5.84 Å². The molecule has 2 heterocycles. The van der Waals surface area contributed by atoms with E-state index in [-0.39, 0.29) is 0 Å². The van der Waals surface area contributed by atoms with Crippen molar-refractivity contribution in [3.63, 3.8) is 0 Å². The second-order valence-electron chi connectivity index (χ2n) is 4.24. The molecule has 0 atom stereocenters. The minimum Gasteiger partial charge on any atom is -0.384 e. The first-order chi connectivity index (χ1) is 7.18. The van der Waals surface area contributed by atoms with E-state index in [2.05, 4.69) is 35.7 Å². The molecule has 0 fully saturated rings. The fraction of sp³-hybridized carbons (Fsp3) is 0.545. The summed E-state index contributed by atoms with van der Waals surface area (Å²) in [4.78, 5) is 4.26. The van der Waals surface area contributed by atoms with E-state index in [0.717, 1.165) is 25.2 Å². The molecule has 15 heavy (non-hydrogen) atoms. The summed E-state index contributed by atoms with van der Waals surface area (Å²) < 4.78 is 0. The Hall–Kier alpha value is -1.45. The Morgan fingerprint density at radius 3 is 3.00 bits per heavy atom. The van der Waals surface area contributed by atoms with E-state index >= 15 is 0 Å². The third-order valence-electron chi connectivity index (χ3n) is 2.81. The fourth-order valence-electron chi connectivity index (χ4n) is 1.81. The van der Waals surface area contributed by atoms with E-state index in [9.17, 15) is 0 Å². The zero-order chi connectivity index (χ0) is 10.8. The molecule has 0 amide bonds. The van der Waals surface area contributed by atoms with Crippen LogP contribution in [0.4, 0.5) is 0 Å². The third kappa shape index (κ3) is 1.98. The molecule has 0 bridgehead atoms. The van der Waals surface area contributed by atoms with Crippen molar-refractivity contribution in [3.8, 4) is 0 Å². The Labute approximate surface area is 90.3 Å². The van der Waals surface area contributed by atoms with Gasteiger partial charge in [-0.3, -0.25) is 4.99 Å². The summed E-state index contributed by atoms with van der Waals surface area (Å²) in [5.41, 5.74) is 9.41. The highest BCUT2D eigenvalue weighted by atomic mass is 15.1. The average molecular weight is 206 g/mol. The van der Waals surface area contributed by atoms with E-state index in [1.165, 1.54) is 11.3 Å². The van der Waals surface area contributed by atoms with Crippen molar-refractivity contribution in [2.24, 2.45) is 16.6 Å². The first-order valence-corrected chi connectivity index (χ1v) is 5.41. The molecule has 4 nitrogen and oxygen atoms in total. The second-order valence-corrected chi connectivity index (χ2v) is 4.24. The van der Waals surface area contributed by atoms with Crippen LogP contribution in [-0.2, 0) is 0 Å². The van der Waals surface area contributed by atoms with Gasteiger partial charge in [-0.25, -0.2) is 0 Å². The highest BCUT2D eigenvalue weighted by Gasteiger charge is 2.19. The van der Waals surface area contributed by atoms with Crippen LogP contribution in [0, 0.1) is 5.92 Å². The molecule has 0 aromatic carbocycles. The summed E-state index contributed by atoms with van der Waals surface area (Å²) in [6, 6.07) is 0. The summed E-state index contributed by atoms with van der Waals surface area (Å²) in [7, 11) is 0.